The lowest BCUT2D eigenvalue weighted by atomic mass is 10.0. The molecule has 208 valence electrons. The number of allylic oxidation sites excluding steroid dienone is 1. The molecule has 1 aliphatic heterocycles. The van der Waals surface area contributed by atoms with E-state index >= 15 is 0 Å². The summed E-state index contributed by atoms with van der Waals surface area (Å²) in [6, 6.07) is 9.19. The molecule has 0 bridgehead atoms. The number of H-pyrrole nitrogens is 2. The molecule has 41 heavy (non-hydrogen) atoms. The van der Waals surface area contributed by atoms with Gasteiger partial charge in [-0.05, 0) is 112 Å². The molecule has 6 rings (SSSR count). The maximum absolute atomic E-state index is 14.8. The monoisotopic (exact) mass is 547 g/mol. The number of fused-ring (bicyclic) bond motifs is 1. The number of halogens is 1. The van der Waals surface area contributed by atoms with Crippen molar-refractivity contribution in [3.8, 4) is 22.6 Å². The van der Waals surface area contributed by atoms with Gasteiger partial charge in [-0.2, -0.15) is 5.10 Å². The number of aromatic nitrogens is 6. The number of imidazole rings is 1. The van der Waals surface area contributed by atoms with E-state index in [0.29, 0.717) is 17.2 Å². The van der Waals surface area contributed by atoms with Crippen molar-refractivity contribution in [3.05, 3.63) is 88.6 Å². The maximum Gasteiger partial charge on any atom is 0.178 e. The Balaban J connectivity index is 1.36. The predicted octanol–water partition coefficient (Wildman–Crippen LogP) is 5.18. The first kappa shape index (κ1) is 26.8. The number of pyridine rings is 2. The molecule has 0 amide bonds. The van der Waals surface area contributed by atoms with Gasteiger partial charge in [0.2, 0.25) is 0 Å². The molecule has 5 heterocycles. The lowest BCUT2D eigenvalue weighted by Gasteiger charge is -2.14. The van der Waals surface area contributed by atoms with Crippen LogP contribution in [0.1, 0.15) is 42.9 Å². The van der Waals surface area contributed by atoms with Gasteiger partial charge in [0.25, 0.3) is 0 Å². The molecule has 0 saturated carbocycles. The number of hydrogen-bond acceptors (Lipinski definition) is 5. The maximum atomic E-state index is 14.8. The number of likely N-dealkylation sites (tertiary alicyclic amines) is 1. The van der Waals surface area contributed by atoms with E-state index < -0.39 is 0 Å². The van der Waals surface area contributed by atoms with Gasteiger partial charge in [0.05, 0.1) is 10.9 Å². The molecule has 0 unspecified atom stereocenters. The largest absolute Gasteiger partial charge is 0.335 e. The lowest BCUT2D eigenvalue weighted by Crippen LogP contribution is -2.23. The number of nitrogens with zero attached hydrogens (tertiary/aromatic N) is 5. The van der Waals surface area contributed by atoms with E-state index in [1.165, 1.54) is 25.9 Å². The minimum Gasteiger partial charge on any atom is -0.335 e. The highest BCUT2D eigenvalue weighted by atomic mass is 19.1. The molecule has 0 atom stereocenters. The first-order valence-corrected chi connectivity index (χ1v) is 14.2. The van der Waals surface area contributed by atoms with Crippen LogP contribution in [-0.4, -0.2) is 54.7 Å². The molecule has 8 heteroatoms. The Labute approximate surface area is 238 Å². The second-order valence-corrected chi connectivity index (χ2v) is 10.7. The van der Waals surface area contributed by atoms with Gasteiger partial charge in [-0.15, -0.1) is 0 Å². The van der Waals surface area contributed by atoms with Crippen LogP contribution in [0.2, 0.25) is 0 Å². The topological polar surface area (TPSA) is 86.4 Å². The van der Waals surface area contributed by atoms with Crippen molar-refractivity contribution in [1.82, 2.24) is 35.0 Å². The molecule has 1 fully saturated rings. The van der Waals surface area contributed by atoms with Gasteiger partial charge < -0.3 is 9.88 Å². The zero-order valence-electron chi connectivity index (χ0n) is 23.5. The average molecular weight is 548 g/mol. The summed E-state index contributed by atoms with van der Waals surface area (Å²) in [5.74, 6) is 0.341. The Morgan fingerprint density at radius 2 is 2.00 bits per heavy atom. The molecular weight excluding hydrogens is 513 g/mol. The van der Waals surface area contributed by atoms with Crippen molar-refractivity contribution in [3.63, 3.8) is 0 Å². The van der Waals surface area contributed by atoms with E-state index in [2.05, 4.69) is 42.7 Å². The molecule has 0 spiro atoms. The fraction of sp³-hybridized carbons (Fsp3) is 0.273. The van der Waals surface area contributed by atoms with E-state index in [-0.39, 0.29) is 5.82 Å². The average Bonchev–Trinajstić information content (AvgIpc) is 3.72. The number of nitrogens with one attached hydrogen (secondary N) is 2. The summed E-state index contributed by atoms with van der Waals surface area (Å²) < 4.78 is 14.8. The fourth-order valence-corrected chi connectivity index (χ4v) is 5.69. The van der Waals surface area contributed by atoms with Crippen molar-refractivity contribution in [2.75, 3.05) is 19.6 Å². The van der Waals surface area contributed by atoms with Crippen LogP contribution >= 0.6 is 0 Å². The fourth-order valence-electron chi connectivity index (χ4n) is 5.69. The molecule has 5 aromatic rings. The highest BCUT2D eigenvalue weighted by Gasteiger charge is 2.16. The van der Waals surface area contributed by atoms with Gasteiger partial charge in [0.1, 0.15) is 11.5 Å². The number of aryl methyl sites for hydroxylation is 2. The van der Waals surface area contributed by atoms with E-state index in [9.17, 15) is 4.39 Å². The quantitative estimate of drug-likeness (QED) is 0.280. The third kappa shape index (κ3) is 5.60. The number of benzene rings is 1. The third-order valence-electron chi connectivity index (χ3n) is 7.85. The van der Waals surface area contributed by atoms with Gasteiger partial charge in [0.15, 0.2) is 11.5 Å². The number of hydrogen-bond donors (Lipinski definition) is 2. The van der Waals surface area contributed by atoms with E-state index in [4.69, 9.17) is 4.98 Å². The molecule has 1 aliphatic rings. The van der Waals surface area contributed by atoms with Gasteiger partial charge >= 0.3 is 0 Å². The third-order valence-corrected chi connectivity index (χ3v) is 7.85. The van der Waals surface area contributed by atoms with E-state index in [0.717, 1.165) is 68.9 Å². The summed E-state index contributed by atoms with van der Waals surface area (Å²) >= 11 is 0. The van der Waals surface area contributed by atoms with Crippen LogP contribution in [0.5, 0.6) is 0 Å². The van der Waals surface area contributed by atoms with Gasteiger partial charge in [-0.3, -0.25) is 10.1 Å². The Bertz CT molecular complexity index is 1840. The smallest absolute Gasteiger partial charge is 0.178 e. The summed E-state index contributed by atoms with van der Waals surface area (Å²) in [5, 5.41) is 9.43. The zero-order chi connectivity index (χ0) is 28.3. The van der Waals surface area contributed by atoms with Crippen molar-refractivity contribution in [2.45, 2.75) is 39.5 Å². The predicted molar refractivity (Wildman–Crippen MR) is 163 cm³/mol. The van der Waals surface area contributed by atoms with Crippen LogP contribution in [0.25, 0.3) is 51.5 Å². The highest BCUT2D eigenvalue weighted by Crippen LogP contribution is 2.29. The van der Waals surface area contributed by atoms with Gasteiger partial charge in [-0.25, -0.2) is 14.4 Å². The van der Waals surface area contributed by atoms with Crippen LogP contribution in [-0.2, 0) is 6.42 Å². The summed E-state index contributed by atoms with van der Waals surface area (Å²) in [7, 11) is 0. The van der Waals surface area contributed by atoms with Crippen molar-refractivity contribution in [2.24, 2.45) is 0 Å². The Kier molecular flexibility index (Phi) is 7.57. The molecular formula is C33H34FN7. The number of aromatic amines is 2. The summed E-state index contributed by atoms with van der Waals surface area (Å²) in [5.41, 5.74) is 7.51. The molecule has 0 radical (unpaired) electrons. The molecule has 4 aromatic heterocycles. The molecule has 0 aliphatic carbocycles. The summed E-state index contributed by atoms with van der Waals surface area (Å²) in [4.78, 5) is 19.5. The second kappa shape index (κ2) is 11.6. The summed E-state index contributed by atoms with van der Waals surface area (Å²) in [6.45, 7) is 11.7. The first-order valence-electron chi connectivity index (χ1n) is 14.2. The van der Waals surface area contributed by atoms with Crippen LogP contribution in [0.4, 0.5) is 4.39 Å². The van der Waals surface area contributed by atoms with Crippen molar-refractivity contribution in [1.29, 1.82) is 0 Å². The van der Waals surface area contributed by atoms with Crippen LogP contribution in [0.15, 0.2) is 55.5 Å². The molecule has 7 nitrogen and oxygen atoms in total. The van der Waals surface area contributed by atoms with Gasteiger partial charge in [0, 0.05) is 34.9 Å². The normalized spacial score (nSPS) is 14.9. The van der Waals surface area contributed by atoms with Crippen molar-refractivity contribution >= 4 is 28.9 Å². The Hall–Kier alpha value is -4.43. The van der Waals surface area contributed by atoms with Crippen LogP contribution in [0.3, 0.4) is 0 Å². The summed E-state index contributed by atoms with van der Waals surface area (Å²) in [6.07, 6.45) is 13.7. The standard InChI is InChI=1S/C33H34FN7/c1-4-29-27(16-22(3)28-20-35-11-9-21(28)2)31(40-39-29)33-37-30-26(10-12-36-32(30)38-33)24-17-23(18-25(34)19-24)8-7-15-41-13-5-6-14-41/h4,9-12,16-20,39H,3,5-8,13-15H2,1-2H3,(H,36,37,38)/b27-16+,29-4+. The van der Waals surface area contributed by atoms with Crippen molar-refractivity contribution < 1.29 is 4.39 Å². The molecule has 2 N–H and O–H groups in total. The second-order valence-electron chi connectivity index (χ2n) is 10.7. The lowest BCUT2D eigenvalue weighted by molar-refractivity contribution is 0.334. The Morgan fingerprint density at radius 3 is 2.80 bits per heavy atom. The minimum atomic E-state index is -0.236. The SMILES string of the molecule is C=C(/C=c1/c(-c2nc3nccc(-c4cc(F)cc(CCCN5CCCC5)c4)c3[nH]2)n[nH]/c1=C/C)c1cnccc1C. The number of rotatable bonds is 8. The molecule has 1 aromatic carbocycles. The zero-order valence-corrected chi connectivity index (χ0v) is 23.5. The van der Waals surface area contributed by atoms with Gasteiger partial charge in [-0.1, -0.05) is 18.7 Å². The Morgan fingerprint density at radius 1 is 1.15 bits per heavy atom. The highest BCUT2D eigenvalue weighted by molar-refractivity contribution is 5.92. The van der Waals surface area contributed by atoms with E-state index in [1.807, 2.05) is 44.3 Å². The first-order chi connectivity index (χ1) is 20.0. The van der Waals surface area contributed by atoms with E-state index in [1.54, 1.807) is 24.5 Å². The van der Waals surface area contributed by atoms with Crippen LogP contribution < -0.4 is 10.6 Å². The minimum absolute atomic E-state index is 0.236. The van der Waals surface area contributed by atoms with Crippen LogP contribution in [0, 0.1) is 12.7 Å². The molecule has 1 saturated heterocycles.